The highest BCUT2D eigenvalue weighted by Crippen LogP contribution is 2.31. The molecule has 0 radical (unpaired) electrons. The molecule has 9 rings (SSSR count). The van der Waals surface area contributed by atoms with Crippen LogP contribution < -0.4 is 31.1 Å². The van der Waals surface area contributed by atoms with Gasteiger partial charge in [0, 0.05) is 62.6 Å². The van der Waals surface area contributed by atoms with Crippen LogP contribution >= 0.6 is 23.5 Å². The van der Waals surface area contributed by atoms with E-state index in [2.05, 4.69) is 46.1 Å². The lowest BCUT2D eigenvalue weighted by Crippen LogP contribution is -2.38. The number of amides is 6. The van der Waals surface area contributed by atoms with Gasteiger partial charge in [0.05, 0.1) is 46.0 Å². The Hall–Kier alpha value is -7.03. The number of nitrogens with one attached hydrogen (secondary N) is 4. The number of nitrogens with zero attached hydrogens (tertiary/aromatic N) is 7. The summed E-state index contributed by atoms with van der Waals surface area (Å²) in [6, 6.07) is 18.0. The van der Waals surface area contributed by atoms with Crippen LogP contribution in [0.15, 0.2) is 101 Å². The third kappa shape index (κ3) is 11.4. The number of hydrogen-bond acceptors (Lipinski definition) is 14. The summed E-state index contributed by atoms with van der Waals surface area (Å²) in [5, 5.41) is 9.81. The number of rotatable bonds is 7. The number of carbonyl (C=O) groups is 5. The minimum Gasteiger partial charge on any atom is -0.354 e. The average Bonchev–Trinajstić information content (AvgIpc) is 3.55. The molecule has 4 N–H and O–H groups in total. The van der Waals surface area contributed by atoms with Gasteiger partial charge in [0.15, 0.2) is 0 Å². The summed E-state index contributed by atoms with van der Waals surface area (Å²) >= 11 is 1.63. The molecule has 0 unspecified atom stereocenters. The Kier molecular flexibility index (Phi) is 14.2. The highest BCUT2D eigenvalue weighted by Gasteiger charge is 2.27. The number of imide groups is 2. The number of urea groups is 1. The molecule has 0 saturated carbocycles. The predicted octanol–water partition coefficient (Wildman–Crippen LogP) is 6.76. The molecule has 4 aliphatic rings. The standard InChI is InChI=1S/C26H23FN6O3S.C19H18FN5O2S/c27-20-8-7-17(14-22-24(34)31-26(36)37-22)13-19(20)21-15-28-16-23(30-21)32-9-4-10-33(12-11-32)25(35)29-18-5-2-1-3-6-18;20-14-3-2-12(9-16-18(26)24-19(27)28-16)8-13(14)15-10-22-11-17(23-15)25-6-1-4-21-5-7-25/h1-3,5-8,13-16H,4,9-12H2,(H,29,35)(H,31,34,36);2-3,8-11,21H,1,4-7H2,(H,24,26,27)/b22-14-;16-9-. The molecule has 4 fully saturated rings. The van der Waals surface area contributed by atoms with Crippen LogP contribution in [0.1, 0.15) is 24.0 Å². The third-order valence-electron chi connectivity index (χ3n) is 10.5. The fourth-order valence-corrected chi connectivity index (χ4v) is 8.59. The Balaban J connectivity index is 0.000000184. The van der Waals surface area contributed by atoms with Crippen molar-refractivity contribution in [1.29, 1.82) is 0 Å². The minimum absolute atomic E-state index is 0.156. The largest absolute Gasteiger partial charge is 0.354 e. The summed E-state index contributed by atoms with van der Waals surface area (Å²) in [7, 11) is 0. The molecular formula is C45H41F2N11O5S2. The maximum absolute atomic E-state index is 14.8. The Morgan fingerprint density at radius 1 is 0.631 bits per heavy atom. The maximum atomic E-state index is 14.8. The molecule has 0 spiro atoms. The molecule has 4 saturated heterocycles. The third-order valence-corrected chi connectivity index (χ3v) is 12.1. The van der Waals surface area contributed by atoms with Crippen molar-refractivity contribution in [3.8, 4) is 22.5 Å². The van der Waals surface area contributed by atoms with Crippen molar-refractivity contribution in [1.82, 2.24) is 40.8 Å². The van der Waals surface area contributed by atoms with E-state index in [4.69, 9.17) is 0 Å². The number of halogens is 2. The molecule has 0 atom stereocenters. The van der Waals surface area contributed by atoms with Crippen molar-refractivity contribution in [2.75, 3.05) is 67.5 Å². The van der Waals surface area contributed by atoms with Crippen LogP contribution in [0.4, 0.5) is 40.5 Å². The van der Waals surface area contributed by atoms with Crippen molar-refractivity contribution >= 4 is 81.3 Å². The van der Waals surface area contributed by atoms with Gasteiger partial charge in [-0.1, -0.05) is 30.3 Å². The normalized spacial score (nSPS) is 17.9. The molecule has 20 heteroatoms. The van der Waals surface area contributed by atoms with E-state index >= 15 is 0 Å². The molecule has 4 aliphatic heterocycles. The highest BCUT2D eigenvalue weighted by molar-refractivity contribution is 8.18. The maximum Gasteiger partial charge on any atom is 0.321 e. The Labute approximate surface area is 380 Å². The Morgan fingerprint density at radius 3 is 1.74 bits per heavy atom. The van der Waals surface area contributed by atoms with E-state index in [9.17, 15) is 32.8 Å². The fraction of sp³-hybridized carbons (Fsp3) is 0.222. The monoisotopic (exact) mass is 917 g/mol. The minimum atomic E-state index is -0.479. The van der Waals surface area contributed by atoms with Crippen molar-refractivity contribution in [3.63, 3.8) is 0 Å². The van der Waals surface area contributed by atoms with Crippen molar-refractivity contribution in [2.45, 2.75) is 12.8 Å². The molecule has 6 heterocycles. The Morgan fingerprint density at radius 2 is 1.18 bits per heavy atom. The summed E-state index contributed by atoms with van der Waals surface area (Å²) in [5.41, 5.74) is 3.21. The summed E-state index contributed by atoms with van der Waals surface area (Å²) in [6.45, 7) is 5.82. The molecular weight excluding hydrogens is 877 g/mol. The van der Waals surface area contributed by atoms with E-state index in [1.165, 1.54) is 36.7 Å². The summed E-state index contributed by atoms with van der Waals surface area (Å²) in [4.78, 5) is 83.3. The lowest BCUT2D eigenvalue weighted by Gasteiger charge is -2.23. The molecule has 0 aliphatic carbocycles. The zero-order valence-electron chi connectivity index (χ0n) is 34.6. The van der Waals surface area contributed by atoms with Crippen molar-refractivity contribution in [2.24, 2.45) is 0 Å². The smallest absolute Gasteiger partial charge is 0.321 e. The summed E-state index contributed by atoms with van der Waals surface area (Å²) in [6.07, 6.45) is 11.2. The first-order valence-electron chi connectivity index (χ1n) is 20.6. The quantitative estimate of drug-likeness (QED) is 0.125. The van der Waals surface area contributed by atoms with Crippen molar-refractivity contribution < 1.29 is 32.8 Å². The van der Waals surface area contributed by atoms with Crippen LogP contribution in [0.2, 0.25) is 0 Å². The van der Waals surface area contributed by atoms with Crippen LogP contribution in [0.5, 0.6) is 0 Å². The molecule has 3 aromatic carbocycles. The molecule has 65 heavy (non-hydrogen) atoms. The van der Waals surface area contributed by atoms with E-state index in [0.29, 0.717) is 65.9 Å². The second-order valence-electron chi connectivity index (χ2n) is 14.9. The number of para-hydroxylation sites is 1. The van der Waals surface area contributed by atoms with Gasteiger partial charge in [0.2, 0.25) is 0 Å². The van der Waals surface area contributed by atoms with Gasteiger partial charge in [-0.25, -0.2) is 23.5 Å². The number of aromatic nitrogens is 4. The Bertz CT molecular complexity index is 2700. The average molecular weight is 918 g/mol. The van der Waals surface area contributed by atoms with Gasteiger partial charge in [0.1, 0.15) is 23.3 Å². The molecule has 5 aromatic rings. The molecule has 6 amide bonds. The first kappa shape index (κ1) is 44.6. The lowest BCUT2D eigenvalue weighted by molar-refractivity contribution is -0.116. The molecule has 16 nitrogen and oxygen atoms in total. The topological polar surface area (TPSA) is 195 Å². The zero-order valence-corrected chi connectivity index (χ0v) is 36.3. The molecule has 0 bridgehead atoms. The first-order chi connectivity index (χ1) is 31.6. The van der Waals surface area contributed by atoms with Gasteiger partial charge in [-0.2, -0.15) is 0 Å². The van der Waals surface area contributed by atoms with Crippen LogP contribution in [0.3, 0.4) is 0 Å². The predicted molar refractivity (Wildman–Crippen MR) is 247 cm³/mol. The summed E-state index contributed by atoms with van der Waals surface area (Å²) in [5.74, 6) is -0.533. The number of hydrogen-bond donors (Lipinski definition) is 4. The second kappa shape index (κ2) is 20.6. The van der Waals surface area contributed by atoms with Crippen molar-refractivity contribution in [3.05, 3.63) is 124 Å². The van der Waals surface area contributed by atoms with Gasteiger partial charge in [-0.05, 0) is 103 Å². The van der Waals surface area contributed by atoms with E-state index < -0.39 is 33.9 Å². The molecule has 2 aromatic heterocycles. The number of carbonyl (C=O) groups excluding carboxylic acids is 5. The zero-order chi connectivity index (χ0) is 45.3. The first-order valence-corrected chi connectivity index (χ1v) is 22.2. The van der Waals surface area contributed by atoms with E-state index in [1.807, 2.05) is 35.2 Å². The van der Waals surface area contributed by atoms with E-state index in [0.717, 1.165) is 68.2 Å². The fourth-order valence-electron chi connectivity index (χ4n) is 7.23. The van der Waals surface area contributed by atoms with Crippen LogP contribution in [0, 0.1) is 11.6 Å². The second-order valence-corrected chi connectivity index (χ2v) is 17.0. The lowest BCUT2D eigenvalue weighted by atomic mass is 10.1. The van der Waals surface area contributed by atoms with Crippen LogP contribution in [-0.4, -0.2) is 106 Å². The van der Waals surface area contributed by atoms with E-state index in [1.54, 1.807) is 41.6 Å². The highest BCUT2D eigenvalue weighted by atomic mass is 32.2. The van der Waals surface area contributed by atoms with Gasteiger partial charge in [0.25, 0.3) is 22.3 Å². The summed E-state index contributed by atoms with van der Waals surface area (Å²) < 4.78 is 29.3. The van der Waals surface area contributed by atoms with Gasteiger partial charge >= 0.3 is 6.03 Å². The van der Waals surface area contributed by atoms with Crippen LogP contribution in [-0.2, 0) is 9.59 Å². The number of benzene rings is 3. The van der Waals surface area contributed by atoms with E-state index in [-0.39, 0.29) is 21.4 Å². The van der Waals surface area contributed by atoms with Gasteiger partial charge in [-0.15, -0.1) is 0 Å². The van der Waals surface area contributed by atoms with Crippen LogP contribution in [0.25, 0.3) is 34.7 Å². The van der Waals surface area contributed by atoms with Gasteiger partial charge in [-0.3, -0.25) is 39.8 Å². The molecule has 332 valence electrons. The SMILES string of the molecule is O=C1NC(=O)/C(=C/c2ccc(F)c(-c3cncc(N4CCCN(C(=O)Nc5ccccc5)CC4)n3)c2)S1.O=C1NC(=O)/C(=C/c2ccc(F)c(-c3cncc(N4CCCNCC4)n3)c2)S1. The number of thioether (sulfide) groups is 2. The van der Waals surface area contributed by atoms with Gasteiger partial charge < -0.3 is 25.3 Å². The number of anilines is 3.